The van der Waals surface area contributed by atoms with Crippen LogP contribution in [0.15, 0.2) is 89.8 Å². The summed E-state index contributed by atoms with van der Waals surface area (Å²) in [6, 6.07) is 28.2. The lowest BCUT2D eigenvalue weighted by molar-refractivity contribution is -0.142. The van der Waals surface area contributed by atoms with Gasteiger partial charge < -0.3 is 4.74 Å². The number of carbonyl (C=O) groups excluding carboxylic acids is 1. The largest absolute Gasteiger partial charge is 0.478 e. The Kier molecular flexibility index (Phi) is 4.17. The summed E-state index contributed by atoms with van der Waals surface area (Å²) in [6.45, 7) is 2.23. The summed E-state index contributed by atoms with van der Waals surface area (Å²) in [5.41, 5.74) is 1.60. The smallest absolute Gasteiger partial charge is 0.271 e. The monoisotopic (exact) mass is 387 g/mol. The lowest BCUT2D eigenvalue weighted by Crippen LogP contribution is -2.74. The Morgan fingerprint density at radius 1 is 0.929 bits per heavy atom. The highest BCUT2D eigenvalue weighted by molar-refractivity contribution is 8.00. The second-order valence-corrected chi connectivity index (χ2v) is 8.86. The number of β-lactam (4-membered cyclic amide) rings is 1. The Balaban J connectivity index is 1.67. The van der Waals surface area contributed by atoms with Gasteiger partial charge in [0.1, 0.15) is 11.3 Å². The fourth-order valence-corrected chi connectivity index (χ4v) is 5.66. The minimum Gasteiger partial charge on any atom is -0.478 e. The zero-order chi connectivity index (χ0) is 19.1. The molecule has 1 amide bonds. The summed E-state index contributed by atoms with van der Waals surface area (Å²) in [5, 5.41) is 0.348. The van der Waals surface area contributed by atoms with E-state index in [1.54, 1.807) is 0 Å². The molecule has 28 heavy (non-hydrogen) atoms. The van der Waals surface area contributed by atoms with E-state index in [1.807, 2.05) is 77.3 Å². The molecular formula is C24H21NO2S. The topological polar surface area (TPSA) is 29.5 Å². The Labute approximate surface area is 169 Å². The molecule has 0 aromatic heterocycles. The Morgan fingerprint density at radius 3 is 2.32 bits per heavy atom. The number of hydrogen-bond acceptors (Lipinski definition) is 3. The second kappa shape index (κ2) is 6.71. The maximum absolute atomic E-state index is 13.4. The van der Waals surface area contributed by atoms with Gasteiger partial charge in [0.25, 0.3) is 5.91 Å². The molecule has 3 aromatic rings. The molecule has 1 saturated heterocycles. The molecule has 5 rings (SSSR count). The number of para-hydroxylation sites is 2. The van der Waals surface area contributed by atoms with Crippen molar-refractivity contribution in [3.63, 3.8) is 0 Å². The van der Waals surface area contributed by atoms with Gasteiger partial charge in [-0.25, -0.2) is 0 Å². The lowest BCUT2D eigenvalue weighted by Gasteiger charge is -2.56. The number of benzene rings is 3. The Hall–Kier alpha value is -2.72. The zero-order valence-electron chi connectivity index (χ0n) is 15.6. The number of carbonyl (C=O) groups is 1. The molecule has 0 saturated carbocycles. The third-order valence-corrected chi connectivity index (χ3v) is 6.75. The molecular weight excluding hydrogens is 366 g/mol. The molecule has 0 aliphatic carbocycles. The molecule has 4 heteroatoms. The zero-order valence-corrected chi connectivity index (χ0v) is 16.4. The molecule has 3 nitrogen and oxygen atoms in total. The minimum absolute atomic E-state index is 0.0230. The number of fused-ring (bicyclic) bond motifs is 3. The van der Waals surface area contributed by atoms with Crippen LogP contribution in [0.2, 0.25) is 0 Å². The maximum Gasteiger partial charge on any atom is 0.271 e. The van der Waals surface area contributed by atoms with Crippen LogP contribution in [-0.2, 0) is 10.3 Å². The van der Waals surface area contributed by atoms with Crippen molar-refractivity contribution in [1.82, 2.24) is 0 Å². The van der Waals surface area contributed by atoms with Crippen molar-refractivity contribution >= 4 is 23.4 Å². The van der Waals surface area contributed by atoms with E-state index in [1.165, 1.54) is 0 Å². The first kappa shape index (κ1) is 17.4. The van der Waals surface area contributed by atoms with E-state index < -0.39 is 11.6 Å². The summed E-state index contributed by atoms with van der Waals surface area (Å²) >= 11 is 1.83. The summed E-state index contributed by atoms with van der Waals surface area (Å²) < 4.78 is 6.31. The molecule has 0 spiro atoms. The van der Waals surface area contributed by atoms with E-state index >= 15 is 0 Å². The normalized spacial score (nSPS) is 25.9. The first-order valence-corrected chi connectivity index (χ1v) is 10.4. The van der Waals surface area contributed by atoms with Gasteiger partial charge in [-0.15, -0.1) is 11.8 Å². The standard InChI is InChI=1S/C24H21NO2S/c1-17-16-24(18-10-4-2-5-11-18)22(27-19-12-6-3-7-13-19)23(26)25(24)20-14-8-9-15-21(20)28-17/h2-15,17,22H,16H2,1H3/t17-,22-,24-/m1/s1. The van der Waals surface area contributed by atoms with E-state index in [2.05, 4.69) is 31.2 Å². The van der Waals surface area contributed by atoms with Gasteiger partial charge in [0, 0.05) is 10.1 Å². The highest BCUT2D eigenvalue weighted by Crippen LogP contribution is 2.55. The SMILES string of the molecule is C[C@@H]1C[C@@]2(c3ccccc3)[C@H](Oc3ccccc3)C(=O)N2c2ccccc2S1. The molecule has 2 heterocycles. The number of nitrogens with zero attached hydrogens (tertiary/aromatic N) is 1. The van der Waals surface area contributed by atoms with Crippen LogP contribution in [0.5, 0.6) is 5.75 Å². The van der Waals surface area contributed by atoms with Crippen molar-refractivity contribution in [2.75, 3.05) is 4.90 Å². The second-order valence-electron chi connectivity index (χ2n) is 7.38. The maximum atomic E-state index is 13.4. The molecule has 0 N–H and O–H groups in total. The molecule has 140 valence electrons. The van der Waals surface area contributed by atoms with Crippen LogP contribution >= 0.6 is 11.8 Å². The van der Waals surface area contributed by atoms with Gasteiger partial charge in [-0.3, -0.25) is 9.69 Å². The first-order valence-electron chi connectivity index (χ1n) is 9.57. The number of rotatable bonds is 3. The highest BCUT2D eigenvalue weighted by atomic mass is 32.2. The van der Waals surface area contributed by atoms with Crippen LogP contribution < -0.4 is 9.64 Å². The van der Waals surface area contributed by atoms with Crippen molar-refractivity contribution in [1.29, 1.82) is 0 Å². The number of ether oxygens (including phenoxy) is 1. The average molecular weight is 388 g/mol. The molecule has 3 atom stereocenters. The first-order chi connectivity index (χ1) is 13.7. The fraction of sp³-hybridized carbons (Fsp3) is 0.208. The number of thioether (sulfide) groups is 1. The predicted molar refractivity (Wildman–Crippen MR) is 113 cm³/mol. The molecule has 0 bridgehead atoms. The van der Waals surface area contributed by atoms with Gasteiger partial charge in [0.2, 0.25) is 6.10 Å². The van der Waals surface area contributed by atoms with Crippen molar-refractivity contribution in [3.8, 4) is 5.75 Å². The summed E-state index contributed by atoms with van der Waals surface area (Å²) in [7, 11) is 0. The van der Waals surface area contributed by atoms with Crippen LogP contribution in [0, 0.1) is 0 Å². The van der Waals surface area contributed by atoms with Gasteiger partial charge in [-0.1, -0.05) is 67.6 Å². The van der Waals surface area contributed by atoms with Crippen LogP contribution in [-0.4, -0.2) is 17.3 Å². The van der Waals surface area contributed by atoms with Crippen molar-refractivity contribution in [2.24, 2.45) is 0 Å². The number of amides is 1. The Bertz CT molecular complexity index is 1010. The van der Waals surface area contributed by atoms with Gasteiger partial charge >= 0.3 is 0 Å². The molecule has 0 radical (unpaired) electrons. The van der Waals surface area contributed by atoms with Crippen molar-refractivity contribution < 1.29 is 9.53 Å². The van der Waals surface area contributed by atoms with Crippen LogP contribution in [0.1, 0.15) is 18.9 Å². The third-order valence-electron chi connectivity index (χ3n) is 5.58. The number of hydrogen-bond donors (Lipinski definition) is 0. The number of anilines is 1. The van der Waals surface area contributed by atoms with E-state index in [4.69, 9.17) is 4.74 Å². The molecule has 2 aliphatic rings. The van der Waals surface area contributed by atoms with Crippen LogP contribution in [0.4, 0.5) is 5.69 Å². The lowest BCUT2D eigenvalue weighted by atomic mass is 9.71. The van der Waals surface area contributed by atoms with E-state index in [0.29, 0.717) is 5.25 Å². The van der Waals surface area contributed by atoms with Crippen molar-refractivity contribution in [3.05, 3.63) is 90.5 Å². The predicted octanol–water partition coefficient (Wildman–Crippen LogP) is 5.26. The van der Waals surface area contributed by atoms with E-state index in [-0.39, 0.29) is 5.91 Å². The van der Waals surface area contributed by atoms with E-state index in [9.17, 15) is 4.79 Å². The molecule has 1 fully saturated rings. The van der Waals surface area contributed by atoms with E-state index in [0.717, 1.165) is 28.3 Å². The third kappa shape index (κ3) is 2.55. The van der Waals surface area contributed by atoms with Gasteiger partial charge in [-0.05, 0) is 36.2 Å². The molecule has 2 aliphatic heterocycles. The van der Waals surface area contributed by atoms with Crippen LogP contribution in [0.3, 0.4) is 0 Å². The minimum atomic E-state index is -0.536. The Morgan fingerprint density at radius 2 is 1.57 bits per heavy atom. The van der Waals surface area contributed by atoms with Gasteiger partial charge in [-0.2, -0.15) is 0 Å². The quantitative estimate of drug-likeness (QED) is 0.574. The highest BCUT2D eigenvalue weighted by Gasteiger charge is 2.65. The van der Waals surface area contributed by atoms with Crippen LogP contribution in [0.25, 0.3) is 0 Å². The van der Waals surface area contributed by atoms with Gasteiger partial charge in [0.15, 0.2) is 0 Å². The van der Waals surface area contributed by atoms with Gasteiger partial charge in [0.05, 0.1) is 5.69 Å². The summed E-state index contributed by atoms with van der Waals surface area (Å²) in [5.74, 6) is 0.753. The van der Waals surface area contributed by atoms with Crippen molar-refractivity contribution in [2.45, 2.75) is 35.1 Å². The molecule has 3 aromatic carbocycles. The average Bonchev–Trinajstić information content (AvgIpc) is 2.85. The fourth-order valence-electron chi connectivity index (χ4n) is 4.45. The molecule has 0 unspecified atom stereocenters. The summed E-state index contributed by atoms with van der Waals surface area (Å²) in [6.07, 6.45) is 0.297. The summed E-state index contributed by atoms with van der Waals surface area (Å²) in [4.78, 5) is 16.5.